The fourth-order valence-electron chi connectivity index (χ4n) is 1.29. The Kier molecular flexibility index (Phi) is 2.58. The van der Waals surface area contributed by atoms with E-state index in [0.29, 0.717) is 17.6 Å². The van der Waals surface area contributed by atoms with Crippen molar-refractivity contribution in [2.75, 3.05) is 19.0 Å². The van der Waals surface area contributed by atoms with Crippen LogP contribution in [0.3, 0.4) is 0 Å². The van der Waals surface area contributed by atoms with E-state index in [1.165, 1.54) is 0 Å². The summed E-state index contributed by atoms with van der Waals surface area (Å²) < 4.78 is 5.70. The van der Waals surface area contributed by atoms with E-state index in [4.69, 9.17) is 4.74 Å². The van der Waals surface area contributed by atoms with Crippen LogP contribution in [0.2, 0.25) is 0 Å². The van der Waals surface area contributed by atoms with Gasteiger partial charge >= 0.3 is 0 Å². The molecule has 4 heteroatoms. The number of anilines is 1. The van der Waals surface area contributed by atoms with E-state index >= 15 is 0 Å². The smallest absolute Gasteiger partial charge is 0.171 e. The summed E-state index contributed by atoms with van der Waals surface area (Å²) >= 11 is 0. The summed E-state index contributed by atoms with van der Waals surface area (Å²) in [5.41, 5.74) is 0.432. The first-order valence-electron chi connectivity index (χ1n) is 5.01. The van der Waals surface area contributed by atoms with Crippen LogP contribution in [0.15, 0.2) is 12.1 Å². The van der Waals surface area contributed by atoms with Gasteiger partial charge in [0.05, 0.1) is 6.10 Å². The van der Waals surface area contributed by atoms with Crippen molar-refractivity contribution in [3.63, 3.8) is 0 Å². The second kappa shape index (κ2) is 3.88. The molecule has 1 aromatic heterocycles. The van der Waals surface area contributed by atoms with Gasteiger partial charge in [-0.25, -0.2) is 4.98 Å². The van der Waals surface area contributed by atoms with E-state index in [1.54, 1.807) is 6.07 Å². The average Bonchev–Trinajstić information content (AvgIpc) is 3.02. The number of carbonyl (C=O) groups is 1. The van der Waals surface area contributed by atoms with Crippen LogP contribution in [0.4, 0.5) is 5.82 Å². The van der Waals surface area contributed by atoms with Crippen molar-refractivity contribution in [1.29, 1.82) is 0 Å². The highest BCUT2D eigenvalue weighted by Crippen LogP contribution is 2.31. The lowest BCUT2D eigenvalue weighted by atomic mass is 10.3. The molecule has 0 aromatic carbocycles. The standard InChI is InChI=1S/C11H14N2O2/c1-13(2)11-10(15-9-4-5-9)6-3-8(7-14)12-11/h3,6-7,9H,4-5H2,1-2H3. The van der Waals surface area contributed by atoms with E-state index in [9.17, 15) is 4.79 Å². The van der Waals surface area contributed by atoms with Gasteiger partial charge in [0.25, 0.3) is 0 Å². The number of hydrogen-bond acceptors (Lipinski definition) is 4. The Labute approximate surface area is 88.9 Å². The summed E-state index contributed by atoms with van der Waals surface area (Å²) in [7, 11) is 3.77. The molecular weight excluding hydrogens is 192 g/mol. The maximum absolute atomic E-state index is 10.6. The summed E-state index contributed by atoms with van der Waals surface area (Å²) in [4.78, 5) is 16.7. The number of carbonyl (C=O) groups excluding carboxylic acids is 1. The zero-order chi connectivity index (χ0) is 10.8. The molecule has 1 saturated carbocycles. The van der Waals surface area contributed by atoms with Gasteiger partial charge in [0.1, 0.15) is 5.69 Å². The van der Waals surface area contributed by atoms with Crippen LogP contribution in [0.1, 0.15) is 23.3 Å². The zero-order valence-corrected chi connectivity index (χ0v) is 8.93. The topological polar surface area (TPSA) is 42.4 Å². The highest BCUT2D eigenvalue weighted by molar-refractivity contribution is 5.73. The maximum atomic E-state index is 10.6. The summed E-state index contributed by atoms with van der Waals surface area (Å²) in [6.45, 7) is 0. The minimum absolute atomic E-state index is 0.340. The van der Waals surface area contributed by atoms with Crippen molar-refractivity contribution >= 4 is 12.1 Å². The molecule has 1 heterocycles. The Balaban J connectivity index is 2.29. The molecule has 15 heavy (non-hydrogen) atoms. The number of aldehydes is 1. The molecule has 0 radical (unpaired) electrons. The average molecular weight is 206 g/mol. The summed E-state index contributed by atoms with van der Waals surface area (Å²) in [5.74, 6) is 1.47. The van der Waals surface area contributed by atoms with Gasteiger partial charge in [-0.2, -0.15) is 0 Å². The molecular formula is C11H14N2O2. The van der Waals surface area contributed by atoms with Crippen LogP contribution in [0, 0.1) is 0 Å². The van der Waals surface area contributed by atoms with Crippen LogP contribution in [-0.4, -0.2) is 31.5 Å². The van der Waals surface area contributed by atoms with Crippen molar-refractivity contribution in [3.8, 4) is 5.75 Å². The van der Waals surface area contributed by atoms with Crippen LogP contribution in [0.5, 0.6) is 5.75 Å². The summed E-state index contributed by atoms with van der Waals surface area (Å²) in [6.07, 6.45) is 3.31. The van der Waals surface area contributed by atoms with E-state index in [-0.39, 0.29) is 0 Å². The number of rotatable bonds is 4. The Morgan fingerprint density at radius 1 is 1.47 bits per heavy atom. The van der Waals surface area contributed by atoms with Crippen molar-refractivity contribution in [2.24, 2.45) is 0 Å². The van der Waals surface area contributed by atoms with Crippen molar-refractivity contribution in [1.82, 2.24) is 4.98 Å². The highest BCUT2D eigenvalue weighted by atomic mass is 16.5. The number of nitrogens with zero attached hydrogens (tertiary/aromatic N) is 2. The number of ether oxygens (including phenoxy) is 1. The molecule has 4 nitrogen and oxygen atoms in total. The molecule has 0 unspecified atom stereocenters. The quantitative estimate of drug-likeness (QED) is 0.700. The molecule has 0 atom stereocenters. The van der Waals surface area contributed by atoms with Crippen molar-refractivity contribution in [2.45, 2.75) is 18.9 Å². The third-order valence-corrected chi connectivity index (χ3v) is 2.22. The molecule has 80 valence electrons. The Bertz CT molecular complexity index is 373. The minimum atomic E-state index is 0.340. The van der Waals surface area contributed by atoms with E-state index in [2.05, 4.69) is 4.98 Å². The normalized spacial score (nSPS) is 14.8. The lowest BCUT2D eigenvalue weighted by molar-refractivity contribution is 0.111. The van der Waals surface area contributed by atoms with Gasteiger partial charge < -0.3 is 9.64 Å². The number of pyridine rings is 1. The maximum Gasteiger partial charge on any atom is 0.171 e. The molecule has 1 aliphatic carbocycles. The van der Waals surface area contributed by atoms with Gasteiger partial charge in [0, 0.05) is 14.1 Å². The van der Waals surface area contributed by atoms with Gasteiger partial charge in [-0.1, -0.05) is 0 Å². The molecule has 1 aliphatic rings. The largest absolute Gasteiger partial charge is 0.487 e. The predicted molar refractivity (Wildman–Crippen MR) is 57.6 cm³/mol. The molecule has 0 bridgehead atoms. The Morgan fingerprint density at radius 3 is 2.73 bits per heavy atom. The minimum Gasteiger partial charge on any atom is -0.487 e. The lowest BCUT2D eigenvalue weighted by Gasteiger charge is -2.16. The second-order valence-corrected chi connectivity index (χ2v) is 3.89. The van der Waals surface area contributed by atoms with Gasteiger partial charge in [0.15, 0.2) is 17.9 Å². The molecule has 0 aliphatic heterocycles. The van der Waals surface area contributed by atoms with Crippen molar-refractivity contribution < 1.29 is 9.53 Å². The van der Waals surface area contributed by atoms with Crippen LogP contribution < -0.4 is 9.64 Å². The monoisotopic (exact) mass is 206 g/mol. The van der Waals surface area contributed by atoms with Gasteiger partial charge in [0.2, 0.25) is 0 Å². The van der Waals surface area contributed by atoms with Crippen molar-refractivity contribution in [3.05, 3.63) is 17.8 Å². The lowest BCUT2D eigenvalue weighted by Crippen LogP contribution is -2.14. The first-order valence-corrected chi connectivity index (χ1v) is 5.01. The molecule has 1 aromatic rings. The van der Waals surface area contributed by atoms with E-state index in [1.807, 2.05) is 25.1 Å². The second-order valence-electron chi connectivity index (χ2n) is 3.89. The van der Waals surface area contributed by atoms with Crippen LogP contribution in [-0.2, 0) is 0 Å². The van der Waals surface area contributed by atoms with Crippen LogP contribution in [0.25, 0.3) is 0 Å². The summed E-state index contributed by atoms with van der Waals surface area (Å²) in [5, 5.41) is 0. The molecule has 2 rings (SSSR count). The van der Waals surface area contributed by atoms with E-state index in [0.717, 1.165) is 24.9 Å². The highest BCUT2D eigenvalue weighted by Gasteiger charge is 2.25. The Morgan fingerprint density at radius 2 is 2.20 bits per heavy atom. The third kappa shape index (κ3) is 2.26. The Hall–Kier alpha value is -1.58. The molecule has 0 saturated heterocycles. The number of aromatic nitrogens is 1. The first-order chi connectivity index (χ1) is 7.20. The molecule has 0 amide bonds. The fourth-order valence-corrected chi connectivity index (χ4v) is 1.29. The SMILES string of the molecule is CN(C)c1nc(C=O)ccc1OC1CC1. The predicted octanol–water partition coefficient (Wildman–Crippen LogP) is 1.50. The molecule has 0 spiro atoms. The fraction of sp³-hybridized carbons (Fsp3) is 0.455. The number of hydrogen-bond donors (Lipinski definition) is 0. The van der Waals surface area contributed by atoms with Crippen LogP contribution >= 0.6 is 0 Å². The van der Waals surface area contributed by atoms with E-state index < -0.39 is 0 Å². The summed E-state index contributed by atoms with van der Waals surface area (Å²) in [6, 6.07) is 3.49. The van der Waals surface area contributed by atoms with Gasteiger partial charge in [-0.3, -0.25) is 4.79 Å². The first kappa shape index (κ1) is 9.96. The van der Waals surface area contributed by atoms with Gasteiger partial charge in [-0.15, -0.1) is 0 Å². The third-order valence-electron chi connectivity index (χ3n) is 2.22. The van der Waals surface area contributed by atoms with Gasteiger partial charge in [-0.05, 0) is 25.0 Å². The molecule has 1 fully saturated rings. The zero-order valence-electron chi connectivity index (χ0n) is 8.93. The molecule has 0 N–H and O–H groups in total.